The molecule has 0 saturated heterocycles. The quantitative estimate of drug-likeness (QED) is 0.227. The summed E-state index contributed by atoms with van der Waals surface area (Å²) in [6.45, 7) is 0. The molecule has 0 nitrogen and oxygen atoms in total. The summed E-state index contributed by atoms with van der Waals surface area (Å²) in [4.78, 5) is 0. The molecule has 28 bridgehead atoms. The van der Waals surface area contributed by atoms with Crippen LogP contribution in [0.1, 0.15) is 629 Å². The van der Waals surface area contributed by atoms with Crippen molar-refractivity contribution < 1.29 is 0 Å². The summed E-state index contributed by atoms with van der Waals surface area (Å²) in [5, 5.41) is 0. The highest BCUT2D eigenvalue weighted by Crippen LogP contribution is 2.51. The van der Waals surface area contributed by atoms with Crippen molar-refractivity contribution in [2.24, 2.45) is 166 Å². The largest absolute Gasteiger partial charge is 0.0530 e. The van der Waals surface area contributed by atoms with Crippen LogP contribution in [0.2, 0.25) is 0 Å². The standard InChI is InChI=1S/C12H22.C11H20.4C10H18.3C9H16.2C8H14.2C7H12.C6H10/c1-2-6-12-9-3-7-11(5-1)8-4-10-12;1-4-10-6-2-7-11(5-1)9-3-8-10;1-3-9-5-2-6-10(4-1)8-7-9;1-2-5-10-7-3-6-9(4-1)8-10;2*1-2-4-10-7-5-9(3-1)6-8-10;1-3-8-5-2-6-9(4-1)7-8;1-2-8-4-6-9(3-1)7-5-8;1-2-4-9-6-5-8(3-1)7-9;1-2-8-5-3-7(1)4-6-8;1-2-7-4-5-8(3-1)6-7;1-2-7-4-3-6(1)5-7;1-2-6-4-7(3-1)5-6;1-2-6-3-5(1)4-6/h11-12H,1-10H2;10-11H,1-9H2;4*9-10H,1-8H2;3*8-9H,1-7H2;2*7-8H,1-6H2;2*6-7H,1-5H2;5-6H,1-4H2. The summed E-state index contributed by atoms with van der Waals surface area (Å²) in [5.41, 5.74) is 0. The van der Waals surface area contributed by atoms with Gasteiger partial charge in [-0.2, -0.15) is 0 Å². The van der Waals surface area contributed by atoms with Crippen LogP contribution in [0.25, 0.3) is 0 Å². The first-order chi connectivity index (χ1) is 62.3. The summed E-state index contributed by atoms with van der Waals surface area (Å²) < 4.78 is 0. The van der Waals surface area contributed by atoms with Crippen molar-refractivity contribution in [1.82, 2.24) is 0 Å². The lowest BCUT2D eigenvalue weighted by atomic mass is 9.65. The molecule has 36 saturated carbocycles. The monoisotopic (exact) mass is 1740 g/mol. The minimum atomic E-state index is 1.11. The van der Waals surface area contributed by atoms with Crippen LogP contribution in [0, 0.1) is 166 Å². The zero-order chi connectivity index (χ0) is 85.5. The van der Waals surface area contributed by atoms with Crippen molar-refractivity contribution >= 4 is 0 Å². The predicted octanol–water partition coefficient (Wildman–Crippen LogP) is 41.7. The van der Waals surface area contributed by atoms with E-state index in [4.69, 9.17) is 0 Å². The van der Waals surface area contributed by atoms with Crippen LogP contribution < -0.4 is 0 Å². The second-order valence-corrected chi connectivity index (χ2v) is 53.6. The molecule has 0 heteroatoms. The lowest BCUT2D eigenvalue weighted by molar-refractivity contribution is 0.116. The van der Waals surface area contributed by atoms with Gasteiger partial charge in [-0.1, -0.05) is 571 Å². The number of hydrogen-bond donors (Lipinski definition) is 0. The van der Waals surface area contributed by atoms with Crippen molar-refractivity contribution in [3.8, 4) is 0 Å². The van der Waals surface area contributed by atoms with E-state index in [1.165, 1.54) is 183 Å². The fourth-order valence-corrected chi connectivity index (χ4v) is 35.3. The van der Waals surface area contributed by atoms with Gasteiger partial charge in [0.2, 0.25) is 0 Å². The Bertz CT molecular complexity index is 2360. The molecule has 36 aliphatic carbocycles. The number of hydrogen-bond acceptors (Lipinski definition) is 0. The molecule has 0 aromatic heterocycles. The molecule has 0 radical (unpaired) electrons. The Balaban J connectivity index is 0.000000105. The van der Waals surface area contributed by atoms with Gasteiger partial charge in [-0.3, -0.25) is 0 Å². The second kappa shape index (κ2) is 58.0. The van der Waals surface area contributed by atoms with Crippen LogP contribution in [0.4, 0.5) is 0 Å². The first-order valence-electron chi connectivity index (χ1n) is 62.3. The van der Waals surface area contributed by atoms with Gasteiger partial charge in [-0.25, -0.2) is 0 Å². The minimum absolute atomic E-state index is 1.11. The third-order valence-corrected chi connectivity index (χ3v) is 44.0. The molecule has 36 rings (SSSR count). The Morgan fingerprint density at radius 1 is 0.0476 bits per heavy atom. The van der Waals surface area contributed by atoms with E-state index in [0.717, 1.165) is 130 Å². The van der Waals surface area contributed by atoms with E-state index >= 15 is 0 Å². The van der Waals surface area contributed by atoms with Crippen molar-refractivity contribution in [1.29, 1.82) is 0 Å². The molecule has 0 heterocycles. The zero-order valence-corrected chi connectivity index (χ0v) is 85.5. The predicted molar refractivity (Wildman–Crippen MR) is 550 cm³/mol. The van der Waals surface area contributed by atoms with Gasteiger partial charge in [0.15, 0.2) is 0 Å². The van der Waals surface area contributed by atoms with Gasteiger partial charge in [-0.05, 0) is 223 Å². The fourth-order valence-electron chi connectivity index (χ4n) is 35.3. The van der Waals surface area contributed by atoms with Gasteiger partial charge >= 0.3 is 0 Å². The molecule has 6 atom stereocenters. The molecular formula is C126H224. The third-order valence-electron chi connectivity index (χ3n) is 44.0. The highest BCUT2D eigenvalue weighted by molar-refractivity contribution is 4.90. The van der Waals surface area contributed by atoms with Gasteiger partial charge < -0.3 is 0 Å². The summed E-state index contributed by atoms with van der Waals surface area (Å²) in [5.74, 6) is 32.2. The SMILES string of the molecule is C1CC2CC(C1)C2.C1CC2CC1C2.C1CC2CCC(C1)C2.C1CC2CCC(C1)CC2.C1CC2CCC1C2.C1CC2CCC1CC2.C1CC2CCCC(C1)C2.C1CC2CCCC(C1)CC2.C1CC2CCCC(C1)CCC2.C1CCC2CCC(C1)C2.C1CCC2CCC(C1)CC2.C1CCC2CCC(C1)CC2.C1CCC2CCCC(C1)C2.C1CCC2CCCC(C1)CCC2. The lowest BCUT2D eigenvalue weighted by Crippen LogP contribution is -2.28. The maximum atomic E-state index is 1.58. The van der Waals surface area contributed by atoms with Crippen molar-refractivity contribution in [3.63, 3.8) is 0 Å². The van der Waals surface area contributed by atoms with Crippen LogP contribution in [-0.2, 0) is 0 Å². The number of fused-ring (bicyclic) bond motifs is 46. The van der Waals surface area contributed by atoms with Gasteiger partial charge in [-0.15, -0.1) is 0 Å². The topological polar surface area (TPSA) is 0 Å². The molecule has 0 aromatic carbocycles. The Hall–Kier alpha value is 0. The molecule has 0 N–H and O–H groups in total. The van der Waals surface area contributed by atoms with Crippen molar-refractivity contribution in [3.05, 3.63) is 0 Å². The highest BCUT2D eigenvalue weighted by Gasteiger charge is 2.38. The third kappa shape index (κ3) is 37.4. The molecular weight excluding hydrogens is 1510 g/mol. The van der Waals surface area contributed by atoms with Crippen LogP contribution in [0.15, 0.2) is 0 Å². The van der Waals surface area contributed by atoms with Crippen LogP contribution in [-0.4, -0.2) is 0 Å². The normalized spacial score (nSPS) is 42.7. The zero-order valence-electron chi connectivity index (χ0n) is 85.5. The van der Waals surface area contributed by atoms with E-state index in [-0.39, 0.29) is 0 Å². The van der Waals surface area contributed by atoms with E-state index in [0.29, 0.717) is 0 Å². The summed E-state index contributed by atoms with van der Waals surface area (Å²) in [6.07, 6.45) is 152. The Morgan fingerprint density at radius 3 is 0.238 bits per heavy atom. The maximum absolute atomic E-state index is 1.58. The Morgan fingerprint density at radius 2 is 0.111 bits per heavy atom. The lowest BCUT2D eigenvalue weighted by Gasteiger charge is -2.40. The molecule has 0 amide bonds. The van der Waals surface area contributed by atoms with Crippen molar-refractivity contribution in [2.75, 3.05) is 0 Å². The molecule has 728 valence electrons. The molecule has 36 aliphatic rings. The van der Waals surface area contributed by atoms with Crippen LogP contribution in [0.5, 0.6) is 0 Å². The summed E-state index contributed by atoms with van der Waals surface area (Å²) in [7, 11) is 0. The van der Waals surface area contributed by atoms with Gasteiger partial charge in [0, 0.05) is 0 Å². The molecule has 126 heavy (non-hydrogen) atoms. The van der Waals surface area contributed by atoms with E-state index < -0.39 is 0 Å². The highest BCUT2D eigenvalue weighted by atomic mass is 14.4. The first kappa shape index (κ1) is 100. The van der Waals surface area contributed by atoms with E-state index in [2.05, 4.69) is 0 Å². The number of rotatable bonds is 0. The van der Waals surface area contributed by atoms with Gasteiger partial charge in [0.05, 0.1) is 0 Å². The average Bonchev–Trinajstić information content (AvgIpc) is 1.40. The van der Waals surface area contributed by atoms with Crippen LogP contribution in [0.3, 0.4) is 0 Å². The van der Waals surface area contributed by atoms with Crippen molar-refractivity contribution in [2.45, 2.75) is 629 Å². The van der Waals surface area contributed by atoms with E-state index in [9.17, 15) is 0 Å². The average molecular weight is 1740 g/mol. The first-order valence-corrected chi connectivity index (χ1v) is 62.3. The Kier molecular flexibility index (Phi) is 46.3. The van der Waals surface area contributed by atoms with E-state index in [1.807, 2.05) is 0 Å². The Labute approximate surface area is 789 Å². The van der Waals surface area contributed by atoms with E-state index in [1.54, 1.807) is 482 Å². The molecule has 0 aliphatic heterocycles. The minimum Gasteiger partial charge on any atom is -0.0530 e. The maximum Gasteiger partial charge on any atom is -0.0409 e. The summed E-state index contributed by atoms with van der Waals surface area (Å²) >= 11 is 0. The summed E-state index contributed by atoms with van der Waals surface area (Å²) in [6, 6.07) is 0. The smallest absolute Gasteiger partial charge is 0.0409 e. The van der Waals surface area contributed by atoms with Crippen LogP contribution >= 0.6 is 0 Å². The fraction of sp³-hybridized carbons (Fsp3) is 1.00. The molecule has 36 fully saturated rings. The molecule has 6 unspecified atom stereocenters. The van der Waals surface area contributed by atoms with Gasteiger partial charge in [0.25, 0.3) is 0 Å². The molecule has 0 spiro atoms. The molecule has 0 aromatic rings. The van der Waals surface area contributed by atoms with Gasteiger partial charge in [0.1, 0.15) is 0 Å². The second-order valence-electron chi connectivity index (χ2n) is 53.6.